The molecular weight excluding hydrogens is 268 g/mol. The zero-order valence-electron chi connectivity index (χ0n) is 12.0. The number of hydrogen-bond donors (Lipinski definition) is 2. The Kier molecular flexibility index (Phi) is 4.29. The van der Waals surface area contributed by atoms with Crippen molar-refractivity contribution in [3.8, 4) is 16.9 Å². The second kappa shape index (κ2) is 5.97. The van der Waals surface area contributed by atoms with E-state index in [1.165, 1.54) is 6.92 Å². The number of ether oxygens (including phenoxy) is 1. The van der Waals surface area contributed by atoms with Crippen LogP contribution in [-0.2, 0) is 15.1 Å². The lowest BCUT2D eigenvalue weighted by molar-refractivity contribution is -0.164. The summed E-state index contributed by atoms with van der Waals surface area (Å²) in [6.45, 7) is 3.31. The maximum Gasteiger partial charge on any atom is 0.342 e. The zero-order valence-corrected chi connectivity index (χ0v) is 12.0. The van der Waals surface area contributed by atoms with Crippen LogP contribution in [0.2, 0.25) is 0 Å². The van der Waals surface area contributed by atoms with Crippen LogP contribution in [0.1, 0.15) is 19.4 Å². The Bertz CT molecular complexity index is 629. The normalized spacial score (nSPS) is 13.5. The van der Waals surface area contributed by atoms with Crippen LogP contribution >= 0.6 is 0 Å². The summed E-state index contributed by atoms with van der Waals surface area (Å²) in [5.74, 6) is -0.497. The fraction of sp³-hybridized carbons (Fsp3) is 0.235. The molecule has 0 saturated heterocycles. The van der Waals surface area contributed by atoms with Crippen molar-refractivity contribution in [3.63, 3.8) is 0 Å². The predicted octanol–water partition coefficient (Wildman–Crippen LogP) is 2.83. The molecule has 110 valence electrons. The molecule has 4 nitrogen and oxygen atoms in total. The van der Waals surface area contributed by atoms with E-state index >= 15 is 0 Å². The molecule has 0 radical (unpaired) electrons. The summed E-state index contributed by atoms with van der Waals surface area (Å²) in [6.07, 6.45) is 0. The summed E-state index contributed by atoms with van der Waals surface area (Å²) >= 11 is 0. The van der Waals surface area contributed by atoms with Crippen molar-refractivity contribution in [3.05, 3.63) is 54.1 Å². The maximum atomic E-state index is 11.8. The van der Waals surface area contributed by atoms with E-state index in [0.717, 1.165) is 5.56 Å². The van der Waals surface area contributed by atoms with Crippen LogP contribution in [0.5, 0.6) is 5.75 Å². The van der Waals surface area contributed by atoms with Crippen molar-refractivity contribution in [1.82, 2.24) is 0 Å². The lowest BCUT2D eigenvalue weighted by Gasteiger charge is -2.21. The second-order valence-corrected chi connectivity index (χ2v) is 4.89. The lowest BCUT2D eigenvalue weighted by atomic mass is 9.93. The average molecular weight is 286 g/mol. The van der Waals surface area contributed by atoms with E-state index in [-0.39, 0.29) is 12.4 Å². The number of benzene rings is 2. The van der Waals surface area contributed by atoms with E-state index in [1.807, 2.05) is 6.07 Å². The van der Waals surface area contributed by atoms with Crippen LogP contribution in [0, 0.1) is 0 Å². The minimum atomic E-state index is -1.69. The van der Waals surface area contributed by atoms with Crippen LogP contribution in [0.4, 0.5) is 0 Å². The summed E-state index contributed by atoms with van der Waals surface area (Å²) in [7, 11) is 0. The van der Waals surface area contributed by atoms with Crippen LogP contribution in [0.25, 0.3) is 11.1 Å². The molecule has 0 aliphatic carbocycles. The zero-order chi connectivity index (χ0) is 15.5. The summed E-state index contributed by atoms with van der Waals surface area (Å²) in [4.78, 5) is 11.8. The number of aliphatic hydroxyl groups is 1. The Balaban J connectivity index is 2.31. The maximum absolute atomic E-state index is 11.8. The Labute approximate surface area is 123 Å². The molecule has 21 heavy (non-hydrogen) atoms. The number of rotatable bonds is 4. The quantitative estimate of drug-likeness (QED) is 0.848. The number of phenols is 1. The average Bonchev–Trinajstić information content (AvgIpc) is 2.48. The molecule has 0 aliphatic heterocycles. The lowest BCUT2D eigenvalue weighted by Crippen LogP contribution is -2.34. The molecular formula is C17H18O4. The van der Waals surface area contributed by atoms with Gasteiger partial charge in [-0.15, -0.1) is 0 Å². The molecule has 2 N–H and O–H groups in total. The highest BCUT2D eigenvalue weighted by atomic mass is 16.5. The first kappa shape index (κ1) is 15.1. The van der Waals surface area contributed by atoms with Crippen molar-refractivity contribution in [2.45, 2.75) is 19.4 Å². The summed E-state index contributed by atoms with van der Waals surface area (Å²) in [5, 5.41) is 20.1. The number of phenolic OH excluding ortho intramolecular Hbond substituents is 1. The number of carbonyl (C=O) groups is 1. The third-order valence-electron chi connectivity index (χ3n) is 3.33. The molecule has 2 rings (SSSR count). The van der Waals surface area contributed by atoms with Gasteiger partial charge in [-0.25, -0.2) is 4.79 Å². The first-order chi connectivity index (χ1) is 9.96. The van der Waals surface area contributed by atoms with Gasteiger partial charge < -0.3 is 14.9 Å². The molecule has 0 spiro atoms. The van der Waals surface area contributed by atoms with E-state index in [9.17, 15) is 15.0 Å². The summed E-state index contributed by atoms with van der Waals surface area (Å²) in [6, 6.07) is 13.8. The molecule has 1 atom stereocenters. The van der Waals surface area contributed by atoms with Gasteiger partial charge in [-0.1, -0.05) is 42.5 Å². The molecule has 0 saturated carbocycles. The van der Waals surface area contributed by atoms with Crippen LogP contribution in [-0.4, -0.2) is 22.8 Å². The second-order valence-electron chi connectivity index (χ2n) is 4.89. The third-order valence-corrected chi connectivity index (χ3v) is 3.33. The highest BCUT2D eigenvalue weighted by Crippen LogP contribution is 2.30. The van der Waals surface area contributed by atoms with E-state index in [1.54, 1.807) is 49.4 Å². The fourth-order valence-corrected chi connectivity index (χ4v) is 2.08. The predicted molar refractivity (Wildman–Crippen MR) is 79.7 cm³/mol. The molecule has 0 amide bonds. The van der Waals surface area contributed by atoms with Gasteiger partial charge in [0.05, 0.1) is 6.61 Å². The van der Waals surface area contributed by atoms with Gasteiger partial charge in [0.2, 0.25) is 0 Å². The Morgan fingerprint density at radius 3 is 2.33 bits per heavy atom. The largest absolute Gasteiger partial charge is 0.507 e. The van der Waals surface area contributed by atoms with Gasteiger partial charge in [0.15, 0.2) is 5.60 Å². The van der Waals surface area contributed by atoms with Crippen molar-refractivity contribution < 1.29 is 19.7 Å². The number of carbonyl (C=O) groups excluding carboxylic acids is 1. The highest BCUT2D eigenvalue weighted by Gasteiger charge is 2.33. The Morgan fingerprint density at radius 1 is 1.14 bits per heavy atom. The van der Waals surface area contributed by atoms with Crippen molar-refractivity contribution in [2.75, 3.05) is 6.61 Å². The first-order valence-electron chi connectivity index (χ1n) is 6.75. The molecule has 0 fully saturated rings. The Morgan fingerprint density at radius 2 is 1.76 bits per heavy atom. The van der Waals surface area contributed by atoms with Gasteiger partial charge >= 0.3 is 5.97 Å². The van der Waals surface area contributed by atoms with E-state index in [4.69, 9.17) is 4.74 Å². The van der Waals surface area contributed by atoms with Gasteiger partial charge in [0, 0.05) is 5.56 Å². The fourth-order valence-electron chi connectivity index (χ4n) is 2.08. The highest BCUT2D eigenvalue weighted by molar-refractivity contribution is 5.81. The van der Waals surface area contributed by atoms with Gasteiger partial charge in [0.25, 0.3) is 0 Å². The topological polar surface area (TPSA) is 66.8 Å². The van der Waals surface area contributed by atoms with Crippen LogP contribution < -0.4 is 0 Å². The molecule has 4 heteroatoms. The number of para-hydroxylation sites is 1. The minimum Gasteiger partial charge on any atom is -0.507 e. The molecule has 1 unspecified atom stereocenters. The molecule has 0 bridgehead atoms. The van der Waals surface area contributed by atoms with E-state index < -0.39 is 11.6 Å². The van der Waals surface area contributed by atoms with E-state index in [0.29, 0.717) is 11.1 Å². The van der Waals surface area contributed by atoms with Crippen molar-refractivity contribution in [2.24, 2.45) is 0 Å². The smallest absolute Gasteiger partial charge is 0.342 e. The van der Waals surface area contributed by atoms with Gasteiger partial charge in [-0.3, -0.25) is 0 Å². The van der Waals surface area contributed by atoms with Crippen molar-refractivity contribution in [1.29, 1.82) is 0 Å². The van der Waals surface area contributed by atoms with Crippen LogP contribution in [0.3, 0.4) is 0 Å². The van der Waals surface area contributed by atoms with Crippen LogP contribution in [0.15, 0.2) is 48.5 Å². The number of esters is 1. The molecule has 2 aromatic rings. The Hall–Kier alpha value is -2.33. The summed E-state index contributed by atoms with van der Waals surface area (Å²) in [5.41, 5.74) is 0.254. The third kappa shape index (κ3) is 3.06. The monoisotopic (exact) mass is 286 g/mol. The first-order valence-corrected chi connectivity index (χ1v) is 6.75. The van der Waals surface area contributed by atoms with Gasteiger partial charge in [-0.2, -0.15) is 0 Å². The SMILES string of the molecule is CCOC(=O)C(C)(O)c1ccc(-c2ccccc2O)cc1. The molecule has 0 aromatic heterocycles. The van der Waals surface area contributed by atoms with E-state index in [2.05, 4.69) is 0 Å². The minimum absolute atomic E-state index is 0.183. The molecule has 2 aromatic carbocycles. The van der Waals surface area contributed by atoms with Gasteiger partial charge in [0.1, 0.15) is 5.75 Å². The standard InChI is InChI=1S/C17H18O4/c1-3-21-16(19)17(2,20)13-10-8-12(9-11-13)14-6-4-5-7-15(14)18/h4-11,18,20H,3H2,1-2H3. The number of aromatic hydroxyl groups is 1. The molecule has 0 aliphatic rings. The molecule has 0 heterocycles. The van der Waals surface area contributed by atoms with Crippen molar-refractivity contribution >= 4 is 5.97 Å². The number of hydrogen-bond acceptors (Lipinski definition) is 4. The summed E-state index contributed by atoms with van der Waals surface area (Å²) < 4.78 is 4.87. The van der Waals surface area contributed by atoms with Gasteiger partial charge in [-0.05, 0) is 31.0 Å².